The molecule has 3 aromatic rings. The number of amides is 1. The van der Waals surface area contributed by atoms with Crippen LogP contribution < -0.4 is 0 Å². The molecule has 1 amide bonds. The third-order valence-corrected chi connectivity index (χ3v) is 3.68. The molecule has 25 heavy (non-hydrogen) atoms. The minimum Gasteiger partial charge on any atom is -0.362 e. The molecule has 1 aliphatic rings. The number of pyridine rings is 1. The van der Waals surface area contributed by atoms with Gasteiger partial charge in [0, 0.05) is 36.4 Å². The number of aromatic amines is 1. The summed E-state index contributed by atoms with van der Waals surface area (Å²) in [6.45, 7) is 7.93. The van der Waals surface area contributed by atoms with E-state index in [0.29, 0.717) is 6.42 Å². The first-order chi connectivity index (χ1) is 12.2. The number of aromatic nitrogens is 2. The molecule has 4 heteroatoms. The van der Waals surface area contributed by atoms with Gasteiger partial charge in [-0.15, -0.1) is 0 Å². The highest BCUT2D eigenvalue weighted by molar-refractivity contribution is 5.79. The van der Waals surface area contributed by atoms with Crippen LogP contribution in [0.5, 0.6) is 0 Å². The van der Waals surface area contributed by atoms with Crippen LogP contribution in [-0.4, -0.2) is 27.3 Å². The third-order valence-electron chi connectivity index (χ3n) is 3.68. The average Bonchev–Trinajstić information content (AvgIpc) is 3.34. The third kappa shape index (κ3) is 5.77. The van der Waals surface area contributed by atoms with Gasteiger partial charge in [-0.2, -0.15) is 0 Å². The second-order valence-electron chi connectivity index (χ2n) is 5.40. The highest BCUT2D eigenvalue weighted by Crippen LogP contribution is 2.08. The number of carbonyl (C=O) groups excluding carboxylic acids is 1. The molecule has 1 fully saturated rings. The molecule has 1 N–H and O–H groups in total. The maximum Gasteiger partial charge on any atom is 0.226 e. The van der Waals surface area contributed by atoms with Crippen molar-refractivity contribution in [3.8, 4) is 0 Å². The fourth-order valence-electron chi connectivity index (χ4n) is 2.35. The Morgan fingerprint density at radius 2 is 1.88 bits per heavy atom. The van der Waals surface area contributed by atoms with Crippen molar-refractivity contribution in [2.45, 2.75) is 12.8 Å². The molecule has 3 heterocycles. The number of nitrogens with zero attached hydrogens (tertiary/aromatic N) is 2. The van der Waals surface area contributed by atoms with Crippen LogP contribution in [0.4, 0.5) is 0 Å². The Labute approximate surface area is 148 Å². The Hall–Kier alpha value is -3.14. The second kappa shape index (κ2) is 9.88. The van der Waals surface area contributed by atoms with E-state index in [2.05, 4.69) is 35.3 Å². The van der Waals surface area contributed by atoms with Crippen LogP contribution in [0.1, 0.15) is 18.5 Å². The van der Waals surface area contributed by atoms with Gasteiger partial charge in [0.1, 0.15) is 0 Å². The van der Waals surface area contributed by atoms with Crippen molar-refractivity contribution >= 4 is 22.9 Å². The number of hydrogen-bond donors (Lipinski definition) is 1. The van der Waals surface area contributed by atoms with E-state index >= 15 is 0 Å². The lowest BCUT2D eigenvalue weighted by atomic mass is 10.2. The minimum absolute atomic E-state index is 0.208. The second-order valence-corrected chi connectivity index (χ2v) is 5.40. The Bertz CT molecular complexity index is 743. The first-order valence-corrected chi connectivity index (χ1v) is 8.22. The molecule has 4 rings (SSSR count). The van der Waals surface area contributed by atoms with Crippen molar-refractivity contribution in [3.63, 3.8) is 0 Å². The monoisotopic (exact) mass is 333 g/mol. The highest BCUT2D eigenvalue weighted by atomic mass is 16.2. The van der Waals surface area contributed by atoms with Crippen LogP contribution in [0.3, 0.4) is 0 Å². The predicted molar refractivity (Wildman–Crippen MR) is 104 cm³/mol. The first-order valence-electron chi connectivity index (χ1n) is 8.22. The Morgan fingerprint density at radius 1 is 1.08 bits per heavy atom. The van der Waals surface area contributed by atoms with Gasteiger partial charge < -0.3 is 9.88 Å². The van der Waals surface area contributed by atoms with Gasteiger partial charge in [-0.3, -0.25) is 9.78 Å². The van der Waals surface area contributed by atoms with Crippen molar-refractivity contribution in [3.05, 3.63) is 86.0 Å². The number of H-pyrrole nitrogens is 1. The van der Waals surface area contributed by atoms with Crippen LogP contribution >= 0.6 is 0 Å². The number of para-hydroxylation sites is 1. The quantitative estimate of drug-likeness (QED) is 0.742. The predicted octanol–water partition coefficient (Wildman–Crippen LogP) is 4.64. The van der Waals surface area contributed by atoms with Gasteiger partial charge in [-0.05, 0) is 43.0 Å². The lowest BCUT2D eigenvalue weighted by Crippen LogP contribution is -2.16. The van der Waals surface area contributed by atoms with Crippen LogP contribution in [0.25, 0.3) is 17.0 Å². The molecule has 0 saturated carbocycles. The van der Waals surface area contributed by atoms with Crippen molar-refractivity contribution in [1.82, 2.24) is 14.9 Å². The number of nitrogens with one attached hydrogen (secondary N) is 1. The summed E-state index contributed by atoms with van der Waals surface area (Å²) in [5, 5.41) is 1.20. The van der Waals surface area contributed by atoms with Gasteiger partial charge in [-0.25, -0.2) is 0 Å². The lowest BCUT2D eigenvalue weighted by molar-refractivity contribution is -0.125. The van der Waals surface area contributed by atoms with Crippen LogP contribution in [0.15, 0.2) is 80.3 Å². The molecule has 1 aliphatic heterocycles. The molecular weight excluding hydrogens is 310 g/mol. The number of benzene rings is 1. The number of hydrogen-bond acceptors (Lipinski definition) is 2. The summed E-state index contributed by atoms with van der Waals surface area (Å²) in [6, 6.07) is 16.0. The molecule has 0 atom stereocenters. The zero-order valence-corrected chi connectivity index (χ0v) is 14.3. The summed E-state index contributed by atoms with van der Waals surface area (Å²) in [5.74, 6) is 0.208. The van der Waals surface area contributed by atoms with Crippen molar-refractivity contribution < 1.29 is 4.79 Å². The number of carbonyl (C=O) groups is 1. The molecule has 2 aromatic heterocycles. The van der Waals surface area contributed by atoms with Crippen LogP contribution in [0.2, 0.25) is 0 Å². The number of rotatable bonds is 2. The van der Waals surface area contributed by atoms with Gasteiger partial charge in [0.05, 0.1) is 5.52 Å². The van der Waals surface area contributed by atoms with E-state index in [4.69, 9.17) is 0 Å². The summed E-state index contributed by atoms with van der Waals surface area (Å²) in [7, 11) is 0. The van der Waals surface area contributed by atoms with Crippen molar-refractivity contribution in [2.75, 3.05) is 6.54 Å². The summed E-state index contributed by atoms with van der Waals surface area (Å²) in [5.41, 5.74) is 2.13. The van der Waals surface area contributed by atoms with Crippen LogP contribution in [-0.2, 0) is 4.79 Å². The zero-order chi connectivity index (χ0) is 17.9. The number of fused-ring (bicyclic) bond motifs is 1. The molecule has 1 saturated heterocycles. The van der Waals surface area contributed by atoms with E-state index in [-0.39, 0.29) is 5.91 Å². The van der Waals surface area contributed by atoms with E-state index in [1.165, 1.54) is 5.39 Å². The maximum atomic E-state index is 10.7. The van der Waals surface area contributed by atoms with E-state index in [9.17, 15) is 4.79 Å². The zero-order valence-electron chi connectivity index (χ0n) is 14.3. The summed E-state index contributed by atoms with van der Waals surface area (Å²) >= 11 is 0. The Morgan fingerprint density at radius 3 is 2.40 bits per heavy atom. The molecule has 0 bridgehead atoms. The summed E-state index contributed by atoms with van der Waals surface area (Å²) < 4.78 is 0. The Kier molecular flexibility index (Phi) is 7.19. The molecule has 4 nitrogen and oxygen atoms in total. The molecule has 0 spiro atoms. The molecule has 0 unspecified atom stereocenters. The highest BCUT2D eigenvalue weighted by Gasteiger charge is 2.15. The maximum absolute atomic E-state index is 10.7. The van der Waals surface area contributed by atoms with Crippen LogP contribution in [0, 0.1) is 0 Å². The SMILES string of the molecule is C=CN1CCCC1=O.C=Cc1ccc[nH]1.c1ccc2ncccc2c1. The molecule has 1 aromatic carbocycles. The fourth-order valence-corrected chi connectivity index (χ4v) is 2.35. The summed E-state index contributed by atoms with van der Waals surface area (Å²) in [6.07, 6.45) is 8.74. The number of likely N-dealkylation sites (tertiary alicyclic amines) is 1. The average molecular weight is 333 g/mol. The van der Waals surface area contributed by atoms with Crippen molar-refractivity contribution in [1.29, 1.82) is 0 Å². The molecule has 128 valence electrons. The smallest absolute Gasteiger partial charge is 0.226 e. The largest absolute Gasteiger partial charge is 0.362 e. The van der Waals surface area contributed by atoms with E-state index in [1.807, 2.05) is 48.8 Å². The van der Waals surface area contributed by atoms with Gasteiger partial charge in [-0.1, -0.05) is 37.4 Å². The van der Waals surface area contributed by atoms with Gasteiger partial charge >= 0.3 is 0 Å². The fraction of sp³-hybridized carbons (Fsp3) is 0.143. The van der Waals surface area contributed by atoms with Gasteiger partial charge in [0.25, 0.3) is 0 Å². The first kappa shape index (κ1) is 18.2. The van der Waals surface area contributed by atoms with Crippen molar-refractivity contribution in [2.24, 2.45) is 0 Å². The molecular formula is C21H23N3O. The Balaban J connectivity index is 0.000000138. The topological polar surface area (TPSA) is 49.0 Å². The molecule has 0 aliphatic carbocycles. The molecule has 0 radical (unpaired) electrons. The van der Waals surface area contributed by atoms with E-state index in [0.717, 1.165) is 24.2 Å². The minimum atomic E-state index is 0.208. The summed E-state index contributed by atoms with van der Waals surface area (Å²) in [4.78, 5) is 19.5. The lowest BCUT2D eigenvalue weighted by Gasteiger charge is -2.05. The van der Waals surface area contributed by atoms with E-state index < -0.39 is 0 Å². The van der Waals surface area contributed by atoms with Gasteiger partial charge in [0.15, 0.2) is 0 Å². The van der Waals surface area contributed by atoms with Gasteiger partial charge in [0.2, 0.25) is 5.91 Å². The van der Waals surface area contributed by atoms with E-state index in [1.54, 1.807) is 17.2 Å². The standard InChI is InChI=1S/C9H7N.C6H9NO.C6H7N/c1-2-6-9-8(4-1)5-3-7-10-9;1-2-7-5-3-4-6(7)8;1-2-6-4-3-5-7-6/h1-7H;2H,1,3-5H2;2-5,7H,1H2. The normalized spacial score (nSPS) is 12.6.